The predicted octanol–water partition coefficient (Wildman–Crippen LogP) is 2.67. The van der Waals surface area contributed by atoms with Crippen LogP contribution < -0.4 is 14.4 Å². The number of amides is 1. The van der Waals surface area contributed by atoms with Gasteiger partial charge in [-0.3, -0.25) is 9.10 Å². The number of nitrogens with one attached hydrogen (secondary N) is 1. The number of benzene rings is 2. The Kier molecular flexibility index (Phi) is 7.22. The summed E-state index contributed by atoms with van der Waals surface area (Å²) in [5.41, 5.74) is 0.742. The normalized spacial score (nSPS) is 12.0. The quantitative estimate of drug-likeness (QED) is 0.659. The van der Waals surface area contributed by atoms with Crippen LogP contribution in [0.1, 0.15) is 24.2 Å². The van der Waals surface area contributed by atoms with Crippen LogP contribution in [0.25, 0.3) is 0 Å². The van der Waals surface area contributed by atoms with Crippen LogP contribution in [0.4, 0.5) is 11.4 Å². The highest BCUT2D eigenvalue weighted by Crippen LogP contribution is 2.25. The van der Waals surface area contributed by atoms with Gasteiger partial charge in [0.2, 0.25) is 15.9 Å². The van der Waals surface area contributed by atoms with E-state index in [0.717, 1.165) is 10.6 Å². The first-order valence-corrected chi connectivity index (χ1v) is 10.7. The van der Waals surface area contributed by atoms with Gasteiger partial charge in [-0.15, -0.1) is 0 Å². The average molecular weight is 420 g/mol. The minimum Gasteiger partial charge on any atom is -0.497 e. The van der Waals surface area contributed by atoms with Crippen LogP contribution in [-0.4, -0.2) is 46.3 Å². The monoisotopic (exact) mass is 420 g/mol. The summed E-state index contributed by atoms with van der Waals surface area (Å²) < 4.78 is 35.9. The zero-order valence-electron chi connectivity index (χ0n) is 16.7. The number of anilines is 2. The van der Waals surface area contributed by atoms with Crippen LogP contribution in [0.15, 0.2) is 48.5 Å². The number of ether oxygens (including phenoxy) is 2. The Morgan fingerprint density at radius 3 is 2.28 bits per heavy atom. The van der Waals surface area contributed by atoms with Gasteiger partial charge in [0, 0.05) is 0 Å². The summed E-state index contributed by atoms with van der Waals surface area (Å²) in [6, 6.07) is 11.6. The van der Waals surface area contributed by atoms with E-state index in [-0.39, 0.29) is 17.9 Å². The number of hydrogen-bond donors (Lipinski definition) is 1. The van der Waals surface area contributed by atoms with Gasteiger partial charge in [-0.25, -0.2) is 13.2 Å². The molecule has 0 aromatic heterocycles. The van der Waals surface area contributed by atoms with Gasteiger partial charge in [-0.1, -0.05) is 12.1 Å². The molecule has 0 radical (unpaired) electrons. The van der Waals surface area contributed by atoms with Crippen molar-refractivity contribution in [1.29, 1.82) is 0 Å². The van der Waals surface area contributed by atoms with Crippen LogP contribution in [0.3, 0.4) is 0 Å². The van der Waals surface area contributed by atoms with Gasteiger partial charge in [-0.05, 0) is 50.2 Å². The second-order valence-electron chi connectivity index (χ2n) is 6.19. The zero-order chi connectivity index (χ0) is 21.6. The number of carbonyl (C=O) groups is 2. The molecule has 156 valence electrons. The maximum atomic E-state index is 12.8. The van der Waals surface area contributed by atoms with E-state index in [1.165, 1.54) is 20.1 Å². The number of sulfonamides is 1. The molecule has 9 heteroatoms. The largest absolute Gasteiger partial charge is 0.497 e. The van der Waals surface area contributed by atoms with E-state index in [4.69, 9.17) is 9.47 Å². The van der Waals surface area contributed by atoms with E-state index in [1.54, 1.807) is 49.4 Å². The molecular weight excluding hydrogens is 396 g/mol. The number of carbonyl (C=O) groups excluding carboxylic acids is 2. The molecule has 0 spiro atoms. The Morgan fingerprint density at radius 2 is 1.72 bits per heavy atom. The van der Waals surface area contributed by atoms with Gasteiger partial charge in [0.25, 0.3) is 0 Å². The van der Waals surface area contributed by atoms with E-state index in [2.05, 4.69) is 5.32 Å². The highest BCUT2D eigenvalue weighted by molar-refractivity contribution is 7.92. The van der Waals surface area contributed by atoms with E-state index in [0.29, 0.717) is 11.4 Å². The van der Waals surface area contributed by atoms with E-state index in [9.17, 15) is 18.0 Å². The SMILES string of the molecule is CCOC(=O)c1ccccc1NC(=O)[C@@H](C)N(c1ccc(OC)cc1)S(C)(=O)=O. The summed E-state index contributed by atoms with van der Waals surface area (Å²) in [5, 5.41) is 2.62. The molecule has 2 aromatic rings. The van der Waals surface area contributed by atoms with Gasteiger partial charge < -0.3 is 14.8 Å². The summed E-state index contributed by atoms with van der Waals surface area (Å²) >= 11 is 0. The van der Waals surface area contributed by atoms with Crippen molar-refractivity contribution in [2.45, 2.75) is 19.9 Å². The van der Waals surface area contributed by atoms with Crippen LogP contribution >= 0.6 is 0 Å². The fourth-order valence-electron chi connectivity index (χ4n) is 2.75. The molecular formula is C20H24N2O6S. The molecule has 0 unspecified atom stereocenters. The van der Waals surface area contributed by atoms with Gasteiger partial charge in [0.1, 0.15) is 11.8 Å². The summed E-state index contributed by atoms with van der Waals surface area (Å²) in [6.07, 6.45) is 1.02. The molecule has 8 nitrogen and oxygen atoms in total. The fraction of sp³-hybridized carbons (Fsp3) is 0.300. The Balaban J connectivity index is 2.32. The highest BCUT2D eigenvalue weighted by Gasteiger charge is 2.30. The lowest BCUT2D eigenvalue weighted by atomic mass is 10.1. The van der Waals surface area contributed by atoms with Crippen molar-refractivity contribution in [3.05, 3.63) is 54.1 Å². The van der Waals surface area contributed by atoms with E-state index < -0.39 is 27.9 Å². The third-order valence-electron chi connectivity index (χ3n) is 4.10. The first-order valence-electron chi connectivity index (χ1n) is 8.89. The summed E-state index contributed by atoms with van der Waals surface area (Å²) in [6.45, 7) is 3.34. The predicted molar refractivity (Wildman–Crippen MR) is 111 cm³/mol. The van der Waals surface area contributed by atoms with Gasteiger partial charge in [0.15, 0.2) is 0 Å². The lowest BCUT2D eigenvalue weighted by Gasteiger charge is -2.28. The number of methoxy groups -OCH3 is 1. The van der Waals surface area contributed by atoms with Crippen molar-refractivity contribution in [1.82, 2.24) is 0 Å². The number of para-hydroxylation sites is 1. The average Bonchev–Trinajstić information content (AvgIpc) is 2.68. The van der Waals surface area contributed by atoms with Gasteiger partial charge in [-0.2, -0.15) is 0 Å². The molecule has 1 amide bonds. The summed E-state index contributed by atoms with van der Waals surface area (Å²) in [4.78, 5) is 24.9. The molecule has 2 rings (SSSR count). The third kappa shape index (κ3) is 5.47. The van der Waals surface area contributed by atoms with Gasteiger partial charge >= 0.3 is 5.97 Å². The Morgan fingerprint density at radius 1 is 1.10 bits per heavy atom. The first kappa shape index (κ1) is 22.2. The molecule has 1 atom stereocenters. The zero-order valence-corrected chi connectivity index (χ0v) is 17.5. The molecule has 0 saturated carbocycles. The molecule has 0 aliphatic rings. The number of rotatable bonds is 8. The molecule has 0 aliphatic carbocycles. The Bertz CT molecular complexity index is 973. The standard InChI is InChI=1S/C20H24N2O6S/c1-5-28-20(24)17-8-6-7-9-18(17)21-19(23)14(2)22(29(4,25)26)15-10-12-16(27-3)13-11-15/h6-14H,5H2,1-4H3,(H,21,23)/t14-/m1/s1. The van der Waals surface area contributed by atoms with Crippen molar-refractivity contribution in [2.75, 3.05) is 29.6 Å². The van der Waals surface area contributed by atoms with E-state index >= 15 is 0 Å². The molecule has 2 aromatic carbocycles. The van der Waals surface area contributed by atoms with Crippen LogP contribution in [0.2, 0.25) is 0 Å². The van der Waals surface area contributed by atoms with Crippen molar-refractivity contribution >= 4 is 33.3 Å². The molecule has 0 saturated heterocycles. The molecule has 0 aliphatic heterocycles. The molecule has 0 heterocycles. The fourth-order valence-corrected chi connectivity index (χ4v) is 3.93. The van der Waals surface area contributed by atoms with Crippen molar-refractivity contribution in [3.63, 3.8) is 0 Å². The second-order valence-corrected chi connectivity index (χ2v) is 8.05. The Hall–Kier alpha value is -3.07. The second kappa shape index (κ2) is 9.42. The lowest BCUT2D eigenvalue weighted by Crippen LogP contribution is -2.45. The molecule has 0 bridgehead atoms. The highest BCUT2D eigenvalue weighted by atomic mass is 32.2. The number of hydrogen-bond acceptors (Lipinski definition) is 6. The van der Waals surface area contributed by atoms with Crippen LogP contribution in [0.5, 0.6) is 5.75 Å². The number of esters is 1. The lowest BCUT2D eigenvalue weighted by molar-refractivity contribution is -0.116. The van der Waals surface area contributed by atoms with Crippen molar-refractivity contribution in [2.24, 2.45) is 0 Å². The Labute approximate surface area is 170 Å². The molecule has 0 fully saturated rings. The minimum absolute atomic E-state index is 0.185. The third-order valence-corrected chi connectivity index (χ3v) is 5.34. The molecule has 1 N–H and O–H groups in total. The van der Waals surface area contributed by atoms with E-state index in [1.807, 2.05) is 0 Å². The van der Waals surface area contributed by atoms with Gasteiger partial charge in [0.05, 0.1) is 36.9 Å². The molecule has 29 heavy (non-hydrogen) atoms. The topological polar surface area (TPSA) is 102 Å². The summed E-state index contributed by atoms with van der Waals surface area (Å²) in [5.74, 6) is -0.614. The maximum absolute atomic E-state index is 12.8. The minimum atomic E-state index is -3.77. The van der Waals surface area contributed by atoms with Crippen molar-refractivity contribution in [3.8, 4) is 5.75 Å². The number of nitrogens with zero attached hydrogens (tertiary/aromatic N) is 1. The maximum Gasteiger partial charge on any atom is 0.340 e. The summed E-state index contributed by atoms with van der Waals surface area (Å²) in [7, 11) is -2.27. The van der Waals surface area contributed by atoms with Crippen molar-refractivity contribution < 1.29 is 27.5 Å². The van der Waals surface area contributed by atoms with Crippen LogP contribution in [-0.2, 0) is 19.6 Å². The smallest absolute Gasteiger partial charge is 0.340 e. The first-order chi connectivity index (χ1) is 13.7. The van der Waals surface area contributed by atoms with Crippen LogP contribution in [0, 0.1) is 0 Å².